The van der Waals surface area contributed by atoms with Gasteiger partial charge in [0.05, 0.1) is 0 Å². The molecule has 10 heavy (non-hydrogen) atoms. The lowest BCUT2D eigenvalue weighted by atomic mass is 10.2. The molecule has 0 N–H and O–H groups in total. The largest absolute Gasteiger partial charge is 0.0938 e. The minimum Gasteiger partial charge on any atom is -0.0938 e. The molecule has 0 nitrogen and oxygen atoms in total. The fraction of sp³-hybridized carbons (Fsp3) is 0.250. The van der Waals surface area contributed by atoms with Crippen LogP contribution in [0.3, 0.4) is 0 Å². The molecule has 1 aromatic rings. The number of hydrogen-bond donors (Lipinski definition) is 0. The summed E-state index contributed by atoms with van der Waals surface area (Å²) in [5.41, 5.74) is 1.26. The molecule has 0 heterocycles. The van der Waals surface area contributed by atoms with Crippen molar-refractivity contribution in [1.29, 1.82) is 0 Å². The van der Waals surface area contributed by atoms with Crippen LogP contribution in [0.1, 0.15) is 5.56 Å². The fourth-order valence-electron chi connectivity index (χ4n) is 0.769. The zero-order valence-electron chi connectivity index (χ0n) is 5.51. The molecule has 0 atom stereocenters. The van der Waals surface area contributed by atoms with Crippen LogP contribution in [0, 0.1) is 0 Å². The second kappa shape index (κ2) is 3.89. The molecule has 0 saturated heterocycles. The highest BCUT2D eigenvalue weighted by atomic mass is 35.5. The van der Waals surface area contributed by atoms with Crippen LogP contribution in [0.5, 0.6) is 0 Å². The van der Waals surface area contributed by atoms with E-state index in [1.54, 1.807) is 0 Å². The van der Waals surface area contributed by atoms with Gasteiger partial charge in [0.1, 0.15) is 0 Å². The molecule has 0 aliphatic heterocycles. The summed E-state index contributed by atoms with van der Waals surface area (Å²) in [7, 11) is 0. The van der Waals surface area contributed by atoms with Gasteiger partial charge in [-0.1, -0.05) is 36.4 Å². The van der Waals surface area contributed by atoms with Gasteiger partial charge in [-0.15, -0.1) is 0 Å². The molecule has 0 aliphatic rings. The summed E-state index contributed by atoms with van der Waals surface area (Å²) in [4.78, 5) is 0. The van der Waals surface area contributed by atoms with E-state index in [0.29, 0.717) is 0 Å². The summed E-state index contributed by atoms with van der Waals surface area (Å²) in [6.07, 6.45) is 0.965. The Morgan fingerprint density at radius 1 is 1.20 bits per heavy atom. The highest BCUT2D eigenvalue weighted by Gasteiger charge is 1.89. The van der Waals surface area contributed by atoms with Gasteiger partial charge in [0.25, 0.3) is 0 Å². The Balaban J connectivity index is 2.69. The quantitative estimate of drug-likeness (QED) is 0.642. The molecular weight excluding hydrogens is 164 g/mol. The SMILES string of the molecule is [S]CCc1ccc(Cl)cc1. The maximum atomic E-state index is 5.69. The number of rotatable bonds is 2. The van der Waals surface area contributed by atoms with Crippen LogP contribution < -0.4 is 0 Å². The lowest BCUT2D eigenvalue weighted by Crippen LogP contribution is -1.83. The maximum absolute atomic E-state index is 5.69. The predicted molar refractivity (Wildman–Crippen MR) is 47.6 cm³/mol. The van der Waals surface area contributed by atoms with Gasteiger partial charge in [-0.3, -0.25) is 0 Å². The Morgan fingerprint density at radius 2 is 1.80 bits per heavy atom. The third-order valence-corrected chi connectivity index (χ3v) is 1.76. The average Bonchev–Trinajstić information content (AvgIpc) is 1.95. The van der Waals surface area contributed by atoms with Crippen molar-refractivity contribution in [2.75, 3.05) is 5.75 Å². The normalized spacial score (nSPS) is 9.80. The van der Waals surface area contributed by atoms with E-state index in [2.05, 4.69) is 0 Å². The number of aryl methyl sites for hydroxylation is 1. The predicted octanol–water partition coefficient (Wildman–Crippen LogP) is 3.08. The Hall–Kier alpha value is -0.140. The van der Waals surface area contributed by atoms with Crippen molar-refractivity contribution in [3.63, 3.8) is 0 Å². The third-order valence-electron chi connectivity index (χ3n) is 1.30. The Morgan fingerprint density at radius 3 is 2.30 bits per heavy atom. The van der Waals surface area contributed by atoms with Crippen molar-refractivity contribution >= 4 is 24.2 Å². The number of hydrogen-bond acceptors (Lipinski definition) is 0. The van der Waals surface area contributed by atoms with Gasteiger partial charge in [0.15, 0.2) is 0 Å². The Kier molecular flexibility index (Phi) is 3.10. The van der Waals surface area contributed by atoms with Gasteiger partial charge < -0.3 is 0 Å². The van der Waals surface area contributed by atoms with Gasteiger partial charge in [-0.2, -0.15) is 0 Å². The summed E-state index contributed by atoms with van der Waals surface area (Å²) in [5.74, 6) is 0.779. The highest BCUT2D eigenvalue weighted by Crippen LogP contribution is 2.09. The topological polar surface area (TPSA) is 0 Å². The van der Waals surface area contributed by atoms with Crippen LogP contribution in [-0.2, 0) is 6.42 Å². The van der Waals surface area contributed by atoms with Crippen molar-refractivity contribution in [1.82, 2.24) is 0 Å². The van der Waals surface area contributed by atoms with E-state index in [-0.39, 0.29) is 0 Å². The van der Waals surface area contributed by atoms with Crippen LogP contribution in [0.25, 0.3) is 0 Å². The van der Waals surface area contributed by atoms with E-state index in [0.717, 1.165) is 17.2 Å². The smallest absolute Gasteiger partial charge is 0.0406 e. The molecule has 1 aromatic carbocycles. The van der Waals surface area contributed by atoms with Crippen molar-refractivity contribution in [3.8, 4) is 0 Å². The van der Waals surface area contributed by atoms with Crippen molar-refractivity contribution in [2.24, 2.45) is 0 Å². The molecule has 0 amide bonds. The minimum atomic E-state index is 0.779. The number of benzene rings is 1. The standard InChI is InChI=1S/C8H8ClS/c9-8-3-1-7(2-4-8)5-6-10/h1-4H,5-6H2. The summed E-state index contributed by atoms with van der Waals surface area (Å²) in [6.45, 7) is 0. The maximum Gasteiger partial charge on any atom is 0.0406 e. The van der Waals surface area contributed by atoms with Crippen molar-refractivity contribution in [3.05, 3.63) is 34.9 Å². The van der Waals surface area contributed by atoms with E-state index < -0.39 is 0 Å². The number of halogens is 1. The zero-order valence-corrected chi connectivity index (χ0v) is 7.08. The molecule has 1 radical (unpaired) electrons. The zero-order chi connectivity index (χ0) is 7.40. The van der Waals surface area contributed by atoms with Crippen LogP contribution >= 0.6 is 24.2 Å². The first-order valence-electron chi connectivity index (χ1n) is 3.15. The minimum absolute atomic E-state index is 0.779. The lowest BCUT2D eigenvalue weighted by molar-refractivity contribution is 1.16. The molecule has 2 heteroatoms. The third kappa shape index (κ3) is 2.24. The van der Waals surface area contributed by atoms with E-state index in [4.69, 9.17) is 24.2 Å². The van der Waals surface area contributed by atoms with Crippen molar-refractivity contribution in [2.45, 2.75) is 6.42 Å². The van der Waals surface area contributed by atoms with Gasteiger partial charge in [0.2, 0.25) is 0 Å². The molecule has 1 rings (SSSR count). The first-order chi connectivity index (χ1) is 4.83. The second-order valence-corrected chi connectivity index (χ2v) is 2.93. The first kappa shape index (κ1) is 7.96. The van der Waals surface area contributed by atoms with E-state index in [1.165, 1.54) is 5.56 Å². The second-order valence-electron chi connectivity index (χ2n) is 2.08. The Bertz CT molecular complexity index is 193. The monoisotopic (exact) mass is 171 g/mol. The summed E-state index contributed by atoms with van der Waals surface area (Å²) >= 11 is 10.5. The average molecular weight is 172 g/mol. The molecule has 0 bridgehead atoms. The van der Waals surface area contributed by atoms with E-state index in [9.17, 15) is 0 Å². The molecular formula is C8H8ClS. The fourth-order valence-corrected chi connectivity index (χ4v) is 1.13. The first-order valence-corrected chi connectivity index (χ1v) is 4.11. The molecule has 0 aromatic heterocycles. The van der Waals surface area contributed by atoms with E-state index in [1.807, 2.05) is 24.3 Å². The van der Waals surface area contributed by atoms with Gasteiger partial charge in [-0.25, -0.2) is 0 Å². The van der Waals surface area contributed by atoms with Gasteiger partial charge in [0, 0.05) is 10.8 Å². The molecule has 0 unspecified atom stereocenters. The molecule has 0 aliphatic carbocycles. The molecule has 0 fully saturated rings. The van der Waals surface area contributed by atoms with Gasteiger partial charge >= 0.3 is 0 Å². The molecule has 53 valence electrons. The summed E-state index contributed by atoms with van der Waals surface area (Å²) in [6, 6.07) is 7.80. The van der Waals surface area contributed by atoms with Crippen LogP contribution in [0.2, 0.25) is 5.02 Å². The lowest BCUT2D eigenvalue weighted by Gasteiger charge is -1.95. The van der Waals surface area contributed by atoms with Crippen LogP contribution in [0.4, 0.5) is 0 Å². The van der Waals surface area contributed by atoms with Crippen LogP contribution in [0.15, 0.2) is 24.3 Å². The summed E-state index contributed by atoms with van der Waals surface area (Å²) < 4.78 is 0. The van der Waals surface area contributed by atoms with Gasteiger partial charge in [-0.05, 0) is 24.1 Å². The molecule has 0 saturated carbocycles. The highest BCUT2D eigenvalue weighted by molar-refractivity contribution is 7.80. The molecule has 0 spiro atoms. The van der Waals surface area contributed by atoms with E-state index >= 15 is 0 Å². The van der Waals surface area contributed by atoms with Crippen molar-refractivity contribution < 1.29 is 0 Å². The van der Waals surface area contributed by atoms with Crippen LogP contribution in [-0.4, -0.2) is 5.75 Å². The Labute approximate surface area is 71.6 Å². The summed E-state index contributed by atoms with van der Waals surface area (Å²) in [5, 5.41) is 0.785.